The van der Waals surface area contributed by atoms with Crippen LogP contribution in [0.15, 0.2) is 0 Å². The normalized spacial score (nSPS) is 26.2. The minimum Gasteiger partial charge on any atom is -0.340 e. The van der Waals surface area contributed by atoms with E-state index >= 15 is 0 Å². The third-order valence-electron chi connectivity index (χ3n) is 2.35. The molecule has 6 heteroatoms. The maximum absolute atomic E-state index is 12.6. The van der Waals surface area contributed by atoms with Crippen LogP contribution in [0.5, 0.6) is 0 Å². The van der Waals surface area contributed by atoms with Gasteiger partial charge in [-0.2, -0.15) is 0 Å². The lowest BCUT2D eigenvalue weighted by atomic mass is 10.3. The number of rotatable bonds is 7. The van der Waals surface area contributed by atoms with Gasteiger partial charge in [0.05, 0.1) is 19.8 Å². The van der Waals surface area contributed by atoms with Crippen molar-refractivity contribution < 1.29 is 23.1 Å². The Kier molecular flexibility index (Phi) is 5.41. The van der Waals surface area contributed by atoms with Crippen LogP contribution >= 0.6 is 7.60 Å². The summed E-state index contributed by atoms with van der Waals surface area (Å²) in [6, 6.07) is 0. The van der Waals surface area contributed by atoms with E-state index in [-0.39, 0.29) is 0 Å². The van der Waals surface area contributed by atoms with Gasteiger partial charge < -0.3 is 18.5 Å². The molecule has 1 heterocycles. The lowest BCUT2D eigenvalue weighted by Crippen LogP contribution is -2.33. The van der Waals surface area contributed by atoms with Gasteiger partial charge in [-0.1, -0.05) is 0 Å². The summed E-state index contributed by atoms with van der Waals surface area (Å²) >= 11 is 0. The van der Waals surface area contributed by atoms with Crippen molar-refractivity contribution in [2.24, 2.45) is 0 Å². The van der Waals surface area contributed by atoms with E-state index in [0.29, 0.717) is 32.8 Å². The molecule has 0 bridgehead atoms. The quantitative estimate of drug-likeness (QED) is 0.652. The molecular formula is C10H21O5P. The molecule has 0 aromatic rings. The van der Waals surface area contributed by atoms with E-state index in [0.717, 1.165) is 6.42 Å². The summed E-state index contributed by atoms with van der Waals surface area (Å²) in [7, 11) is -3.36. The zero-order valence-electron chi connectivity index (χ0n) is 10.2. The standard InChI is InChI=1S/C10H21O5P/c1-4-12-10(8-7-9-13-10)16(11,14-5-2)15-6-3/h4-9H2,1-3H3. The molecule has 16 heavy (non-hydrogen) atoms. The molecule has 0 saturated carbocycles. The monoisotopic (exact) mass is 252 g/mol. The summed E-state index contributed by atoms with van der Waals surface area (Å²) < 4.78 is 34.3. The molecule has 96 valence electrons. The predicted octanol–water partition coefficient (Wildman–Crippen LogP) is 2.75. The van der Waals surface area contributed by atoms with E-state index in [9.17, 15) is 4.57 Å². The van der Waals surface area contributed by atoms with E-state index in [4.69, 9.17) is 18.5 Å². The van der Waals surface area contributed by atoms with E-state index in [2.05, 4.69) is 0 Å². The van der Waals surface area contributed by atoms with Crippen LogP contribution < -0.4 is 0 Å². The molecule has 1 saturated heterocycles. The second-order valence-corrected chi connectivity index (χ2v) is 5.62. The first kappa shape index (κ1) is 14.1. The highest BCUT2D eigenvalue weighted by molar-refractivity contribution is 7.55. The Balaban J connectivity index is 2.91. The van der Waals surface area contributed by atoms with Gasteiger partial charge in [0.1, 0.15) is 0 Å². The van der Waals surface area contributed by atoms with Gasteiger partial charge in [0.25, 0.3) is 5.53 Å². The maximum Gasteiger partial charge on any atom is 0.389 e. The van der Waals surface area contributed by atoms with Crippen molar-refractivity contribution in [3.8, 4) is 0 Å². The van der Waals surface area contributed by atoms with E-state index in [1.165, 1.54) is 0 Å². The average molecular weight is 252 g/mol. The second-order valence-electron chi connectivity index (χ2n) is 3.43. The molecule has 1 aliphatic heterocycles. The first-order valence-corrected chi connectivity index (χ1v) is 7.35. The number of hydrogen-bond acceptors (Lipinski definition) is 5. The highest BCUT2D eigenvalue weighted by Crippen LogP contribution is 2.64. The lowest BCUT2D eigenvalue weighted by molar-refractivity contribution is -0.161. The maximum atomic E-state index is 12.6. The lowest BCUT2D eigenvalue weighted by Gasteiger charge is -2.33. The summed E-state index contributed by atoms with van der Waals surface area (Å²) in [5.41, 5.74) is -1.19. The van der Waals surface area contributed by atoms with Crippen molar-refractivity contribution in [1.82, 2.24) is 0 Å². The Morgan fingerprint density at radius 2 is 1.81 bits per heavy atom. The van der Waals surface area contributed by atoms with Gasteiger partial charge in [-0.05, 0) is 27.2 Å². The molecule has 5 nitrogen and oxygen atoms in total. The molecule has 0 aromatic heterocycles. The highest BCUT2D eigenvalue weighted by atomic mass is 31.2. The molecule has 0 radical (unpaired) electrons. The molecule has 0 N–H and O–H groups in total. The summed E-state index contributed by atoms with van der Waals surface area (Å²) in [5.74, 6) is 0. The van der Waals surface area contributed by atoms with Gasteiger partial charge >= 0.3 is 7.60 Å². The smallest absolute Gasteiger partial charge is 0.340 e. The number of hydrogen-bond donors (Lipinski definition) is 0. The minimum absolute atomic E-state index is 0.315. The van der Waals surface area contributed by atoms with Gasteiger partial charge in [-0.3, -0.25) is 4.57 Å². The fourth-order valence-electron chi connectivity index (χ4n) is 1.81. The van der Waals surface area contributed by atoms with Crippen LogP contribution in [-0.2, 0) is 23.1 Å². The third kappa shape index (κ3) is 2.66. The van der Waals surface area contributed by atoms with Gasteiger partial charge in [-0.15, -0.1) is 0 Å². The molecule has 0 spiro atoms. The fourth-order valence-corrected chi connectivity index (χ4v) is 3.92. The average Bonchev–Trinajstić information content (AvgIpc) is 2.69. The van der Waals surface area contributed by atoms with Crippen molar-refractivity contribution in [3.63, 3.8) is 0 Å². The van der Waals surface area contributed by atoms with E-state index in [1.807, 2.05) is 6.92 Å². The third-order valence-corrected chi connectivity index (χ3v) is 4.86. The van der Waals surface area contributed by atoms with Gasteiger partial charge in [0, 0.05) is 13.0 Å². The molecule has 0 aromatic carbocycles. The second kappa shape index (κ2) is 6.12. The zero-order valence-corrected chi connectivity index (χ0v) is 11.1. The van der Waals surface area contributed by atoms with Crippen molar-refractivity contribution in [3.05, 3.63) is 0 Å². The SMILES string of the molecule is CCOC1(P(=O)(OCC)OCC)CCCO1. The minimum atomic E-state index is -3.36. The van der Waals surface area contributed by atoms with Crippen LogP contribution in [-0.4, -0.2) is 32.0 Å². The Bertz CT molecular complexity index is 240. The van der Waals surface area contributed by atoms with Crippen LogP contribution in [0.4, 0.5) is 0 Å². The first-order valence-electron chi connectivity index (χ1n) is 5.81. The van der Waals surface area contributed by atoms with Gasteiger partial charge in [0.15, 0.2) is 0 Å². The van der Waals surface area contributed by atoms with Crippen LogP contribution in [0.2, 0.25) is 0 Å². The zero-order chi connectivity index (χ0) is 12.1. The predicted molar refractivity (Wildman–Crippen MR) is 60.4 cm³/mol. The van der Waals surface area contributed by atoms with Gasteiger partial charge in [0.2, 0.25) is 0 Å². The number of ether oxygens (including phenoxy) is 2. The molecule has 1 aliphatic rings. The molecule has 0 aliphatic carbocycles. The molecule has 1 rings (SSSR count). The summed E-state index contributed by atoms with van der Waals surface area (Å²) in [6.45, 7) is 6.98. The highest BCUT2D eigenvalue weighted by Gasteiger charge is 2.55. The molecular weight excluding hydrogens is 231 g/mol. The Morgan fingerprint density at radius 3 is 2.19 bits per heavy atom. The fraction of sp³-hybridized carbons (Fsp3) is 1.00. The Labute approximate surface area is 96.9 Å². The topological polar surface area (TPSA) is 54.0 Å². The van der Waals surface area contributed by atoms with Crippen LogP contribution in [0.3, 0.4) is 0 Å². The molecule has 0 amide bonds. The van der Waals surface area contributed by atoms with E-state index in [1.54, 1.807) is 13.8 Å². The van der Waals surface area contributed by atoms with Crippen molar-refractivity contribution in [2.45, 2.75) is 39.1 Å². The summed E-state index contributed by atoms with van der Waals surface area (Å²) in [5, 5.41) is 0. The van der Waals surface area contributed by atoms with E-state index < -0.39 is 13.1 Å². The van der Waals surface area contributed by atoms with Crippen molar-refractivity contribution in [1.29, 1.82) is 0 Å². The van der Waals surface area contributed by atoms with Gasteiger partial charge in [-0.25, -0.2) is 0 Å². The van der Waals surface area contributed by atoms with Crippen molar-refractivity contribution in [2.75, 3.05) is 26.4 Å². The molecule has 1 atom stereocenters. The molecule has 1 unspecified atom stereocenters. The first-order chi connectivity index (χ1) is 7.64. The summed E-state index contributed by atoms with van der Waals surface area (Å²) in [4.78, 5) is 0. The van der Waals surface area contributed by atoms with Crippen LogP contribution in [0.1, 0.15) is 33.6 Å². The molecule has 1 fully saturated rings. The summed E-state index contributed by atoms with van der Waals surface area (Å²) in [6.07, 6.45) is 1.36. The van der Waals surface area contributed by atoms with Crippen LogP contribution in [0, 0.1) is 0 Å². The Morgan fingerprint density at radius 1 is 1.19 bits per heavy atom. The Hall–Kier alpha value is 0.0700. The largest absolute Gasteiger partial charge is 0.389 e. The van der Waals surface area contributed by atoms with Crippen LogP contribution in [0.25, 0.3) is 0 Å². The van der Waals surface area contributed by atoms with Crippen molar-refractivity contribution >= 4 is 7.60 Å².